The molecule has 1 aromatic heterocycles. The van der Waals surface area contributed by atoms with E-state index in [1.165, 1.54) is 19.3 Å². The molecule has 3 rings (SSSR count). The lowest BCUT2D eigenvalue weighted by atomic mass is 9.94. The SMILES string of the molecule is CN=C(NCC1CC=CCC1)N1CCN(Cc2ccon2)CC1. The summed E-state index contributed by atoms with van der Waals surface area (Å²) in [6.07, 6.45) is 9.92. The maximum Gasteiger partial charge on any atom is 0.193 e. The van der Waals surface area contributed by atoms with Crippen LogP contribution in [0.4, 0.5) is 0 Å². The maximum absolute atomic E-state index is 4.90. The van der Waals surface area contributed by atoms with Crippen molar-refractivity contribution in [3.63, 3.8) is 0 Å². The van der Waals surface area contributed by atoms with E-state index in [0.717, 1.165) is 56.8 Å². The van der Waals surface area contributed by atoms with Gasteiger partial charge in [-0.2, -0.15) is 0 Å². The molecule has 6 heteroatoms. The van der Waals surface area contributed by atoms with Crippen LogP contribution in [-0.4, -0.2) is 60.7 Å². The van der Waals surface area contributed by atoms with Crippen LogP contribution in [0.25, 0.3) is 0 Å². The van der Waals surface area contributed by atoms with Gasteiger partial charge in [0.2, 0.25) is 0 Å². The predicted octanol–water partition coefficient (Wildman–Crippen LogP) is 1.72. The van der Waals surface area contributed by atoms with E-state index in [4.69, 9.17) is 4.52 Å². The van der Waals surface area contributed by atoms with Crippen molar-refractivity contribution in [1.82, 2.24) is 20.3 Å². The molecule has 1 atom stereocenters. The lowest BCUT2D eigenvalue weighted by molar-refractivity contribution is 0.168. The molecule has 0 radical (unpaired) electrons. The summed E-state index contributed by atoms with van der Waals surface area (Å²) in [6.45, 7) is 5.95. The van der Waals surface area contributed by atoms with Crippen molar-refractivity contribution >= 4 is 5.96 Å². The molecule has 1 N–H and O–H groups in total. The van der Waals surface area contributed by atoms with E-state index in [-0.39, 0.29) is 0 Å². The zero-order valence-electron chi connectivity index (χ0n) is 13.9. The Morgan fingerprint density at radius 2 is 2.22 bits per heavy atom. The van der Waals surface area contributed by atoms with Crippen LogP contribution in [0.2, 0.25) is 0 Å². The van der Waals surface area contributed by atoms with Gasteiger partial charge < -0.3 is 14.7 Å². The highest BCUT2D eigenvalue weighted by atomic mass is 16.5. The fraction of sp³-hybridized carbons (Fsp3) is 0.647. The van der Waals surface area contributed by atoms with E-state index in [1.807, 2.05) is 13.1 Å². The Morgan fingerprint density at radius 1 is 1.35 bits per heavy atom. The minimum atomic E-state index is 0.741. The second kappa shape index (κ2) is 8.15. The number of allylic oxidation sites excluding steroid dienone is 2. The van der Waals surface area contributed by atoms with Crippen LogP contribution in [-0.2, 0) is 6.54 Å². The van der Waals surface area contributed by atoms with Gasteiger partial charge in [-0.15, -0.1) is 0 Å². The first-order valence-electron chi connectivity index (χ1n) is 8.57. The Hall–Kier alpha value is -1.82. The van der Waals surface area contributed by atoms with Crippen molar-refractivity contribution < 1.29 is 4.52 Å². The predicted molar refractivity (Wildman–Crippen MR) is 91.2 cm³/mol. The molecular weight excluding hydrogens is 290 g/mol. The minimum absolute atomic E-state index is 0.741. The third kappa shape index (κ3) is 4.58. The molecule has 1 unspecified atom stereocenters. The third-order valence-corrected chi connectivity index (χ3v) is 4.69. The van der Waals surface area contributed by atoms with Gasteiger partial charge >= 0.3 is 0 Å². The molecule has 0 bridgehead atoms. The summed E-state index contributed by atoms with van der Waals surface area (Å²) < 4.78 is 4.90. The van der Waals surface area contributed by atoms with Gasteiger partial charge in [0.1, 0.15) is 6.26 Å². The topological polar surface area (TPSA) is 56.9 Å². The Morgan fingerprint density at radius 3 is 2.87 bits per heavy atom. The number of hydrogen-bond acceptors (Lipinski definition) is 4. The second-order valence-electron chi connectivity index (χ2n) is 6.33. The molecule has 126 valence electrons. The first-order valence-corrected chi connectivity index (χ1v) is 8.57. The summed E-state index contributed by atoms with van der Waals surface area (Å²) in [4.78, 5) is 9.23. The Labute approximate surface area is 138 Å². The molecule has 0 amide bonds. The fourth-order valence-corrected chi connectivity index (χ4v) is 3.28. The van der Waals surface area contributed by atoms with Crippen molar-refractivity contribution in [2.24, 2.45) is 10.9 Å². The molecule has 2 aliphatic rings. The number of aromatic nitrogens is 1. The average molecular weight is 317 g/mol. The van der Waals surface area contributed by atoms with Crippen molar-refractivity contribution in [3.8, 4) is 0 Å². The third-order valence-electron chi connectivity index (χ3n) is 4.69. The Balaban J connectivity index is 1.42. The quantitative estimate of drug-likeness (QED) is 0.521. The van der Waals surface area contributed by atoms with Crippen LogP contribution in [0.5, 0.6) is 0 Å². The van der Waals surface area contributed by atoms with Gasteiger partial charge in [-0.3, -0.25) is 9.89 Å². The molecule has 6 nitrogen and oxygen atoms in total. The number of guanidine groups is 1. The van der Waals surface area contributed by atoms with Gasteiger partial charge in [0, 0.05) is 52.4 Å². The number of hydrogen-bond donors (Lipinski definition) is 1. The van der Waals surface area contributed by atoms with E-state index in [1.54, 1.807) is 6.26 Å². The van der Waals surface area contributed by atoms with Crippen LogP contribution in [0.3, 0.4) is 0 Å². The smallest absolute Gasteiger partial charge is 0.193 e. The van der Waals surface area contributed by atoms with Gasteiger partial charge in [-0.05, 0) is 25.2 Å². The molecule has 2 heterocycles. The molecule has 0 spiro atoms. The van der Waals surface area contributed by atoms with Crippen molar-refractivity contribution in [1.29, 1.82) is 0 Å². The largest absolute Gasteiger partial charge is 0.364 e. The summed E-state index contributed by atoms with van der Waals surface area (Å²) in [5.74, 6) is 1.78. The maximum atomic E-state index is 4.90. The average Bonchev–Trinajstić information content (AvgIpc) is 3.11. The molecular formula is C17H27N5O. The zero-order valence-corrected chi connectivity index (χ0v) is 13.9. The van der Waals surface area contributed by atoms with E-state index >= 15 is 0 Å². The molecule has 0 saturated carbocycles. The van der Waals surface area contributed by atoms with Crippen LogP contribution >= 0.6 is 0 Å². The van der Waals surface area contributed by atoms with Gasteiger partial charge in [0.25, 0.3) is 0 Å². The van der Waals surface area contributed by atoms with Gasteiger partial charge in [-0.25, -0.2) is 0 Å². The van der Waals surface area contributed by atoms with Gasteiger partial charge in [0.05, 0.1) is 5.69 Å². The summed E-state index contributed by atoms with van der Waals surface area (Å²) in [5.41, 5.74) is 1.01. The van der Waals surface area contributed by atoms with E-state index < -0.39 is 0 Å². The number of nitrogens with zero attached hydrogens (tertiary/aromatic N) is 4. The summed E-state index contributed by atoms with van der Waals surface area (Å²) in [5, 5.41) is 7.56. The zero-order chi connectivity index (χ0) is 15.9. The molecule has 23 heavy (non-hydrogen) atoms. The number of piperazine rings is 1. The number of aliphatic imine (C=N–C) groups is 1. The fourth-order valence-electron chi connectivity index (χ4n) is 3.28. The Kier molecular flexibility index (Phi) is 5.69. The van der Waals surface area contributed by atoms with Crippen LogP contribution in [0.15, 0.2) is 34.0 Å². The first kappa shape index (κ1) is 16.1. The highest BCUT2D eigenvalue weighted by Gasteiger charge is 2.21. The van der Waals surface area contributed by atoms with Crippen LogP contribution in [0.1, 0.15) is 25.0 Å². The van der Waals surface area contributed by atoms with E-state index in [2.05, 4.69) is 37.4 Å². The van der Waals surface area contributed by atoms with Crippen LogP contribution < -0.4 is 5.32 Å². The number of nitrogens with one attached hydrogen (secondary N) is 1. The summed E-state index contributed by atoms with van der Waals surface area (Å²) >= 11 is 0. The minimum Gasteiger partial charge on any atom is -0.364 e. The van der Waals surface area contributed by atoms with Crippen molar-refractivity contribution in [3.05, 3.63) is 30.2 Å². The molecule has 1 fully saturated rings. The van der Waals surface area contributed by atoms with Crippen LogP contribution in [0, 0.1) is 5.92 Å². The summed E-state index contributed by atoms with van der Waals surface area (Å²) in [6, 6.07) is 1.94. The second-order valence-corrected chi connectivity index (χ2v) is 6.33. The number of rotatable bonds is 4. The molecule has 0 aromatic carbocycles. The lowest BCUT2D eigenvalue weighted by Crippen LogP contribution is -2.52. The van der Waals surface area contributed by atoms with E-state index in [0.29, 0.717) is 0 Å². The highest BCUT2D eigenvalue weighted by Crippen LogP contribution is 2.17. The van der Waals surface area contributed by atoms with Crippen molar-refractivity contribution in [2.75, 3.05) is 39.8 Å². The highest BCUT2D eigenvalue weighted by molar-refractivity contribution is 5.80. The van der Waals surface area contributed by atoms with Gasteiger partial charge in [0.15, 0.2) is 5.96 Å². The standard InChI is InChI=1S/C17H27N5O/c1-18-17(19-13-15-5-3-2-4-6-15)22-10-8-21(9-11-22)14-16-7-12-23-20-16/h2-3,7,12,15H,4-6,8-11,13-14H2,1H3,(H,18,19). The first-order chi connectivity index (χ1) is 11.3. The van der Waals surface area contributed by atoms with Gasteiger partial charge in [-0.1, -0.05) is 17.3 Å². The van der Waals surface area contributed by atoms with Crippen molar-refractivity contribution in [2.45, 2.75) is 25.8 Å². The molecule has 1 aliphatic heterocycles. The summed E-state index contributed by atoms with van der Waals surface area (Å²) in [7, 11) is 1.88. The monoisotopic (exact) mass is 317 g/mol. The lowest BCUT2D eigenvalue weighted by Gasteiger charge is -2.36. The molecule has 1 aromatic rings. The normalized spacial score (nSPS) is 23.3. The molecule has 1 aliphatic carbocycles. The molecule has 1 saturated heterocycles. The van der Waals surface area contributed by atoms with E-state index in [9.17, 15) is 0 Å². The Bertz CT molecular complexity index is 517.